The Labute approximate surface area is 272 Å². The molecule has 0 saturated carbocycles. The van der Waals surface area contributed by atoms with E-state index in [2.05, 4.69) is 32.7 Å². The van der Waals surface area contributed by atoms with Gasteiger partial charge >= 0.3 is 0 Å². The van der Waals surface area contributed by atoms with Crippen molar-refractivity contribution in [3.05, 3.63) is 113 Å². The van der Waals surface area contributed by atoms with Gasteiger partial charge < -0.3 is 29.6 Å². The Morgan fingerprint density at radius 2 is 1.60 bits per heavy atom. The highest BCUT2D eigenvalue weighted by Gasteiger charge is 2.23. The Balaban J connectivity index is 1.01. The maximum absolute atomic E-state index is 13.5. The first-order valence-electron chi connectivity index (χ1n) is 15.4. The Kier molecular flexibility index (Phi) is 8.33. The van der Waals surface area contributed by atoms with Crippen molar-refractivity contribution in [1.82, 2.24) is 9.88 Å². The standard InChI is InChI=1S/C37H34N4O6/c1-44-32-16-24-12-14-41(21-27(24)17-33(32)45-2)13-11-23-7-9-28(10-8-23)39-37(43)29-18-34-35(47-22-46-34)19-31(29)40-36(42)26-15-25-5-3-4-6-30(25)38-20-26/h3-10,15-20H,11-14,21-22H2,1-2H3,(H,39,43)(H,40,42). The molecule has 0 fully saturated rings. The summed E-state index contributed by atoms with van der Waals surface area (Å²) in [6.45, 7) is 2.78. The molecule has 238 valence electrons. The van der Waals surface area contributed by atoms with Gasteiger partial charge in [-0.2, -0.15) is 0 Å². The lowest BCUT2D eigenvalue weighted by Crippen LogP contribution is -2.32. The van der Waals surface area contributed by atoms with E-state index >= 15 is 0 Å². The van der Waals surface area contributed by atoms with Crippen LogP contribution in [0, 0.1) is 0 Å². The predicted octanol–water partition coefficient (Wildman–Crippen LogP) is 6.09. The van der Waals surface area contributed by atoms with Crippen LogP contribution in [0.25, 0.3) is 10.9 Å². The van der Waals surface area contributed by atoms with Gasteiger partial charge in [-0.3, -0.25) is 19.5 Å². The number of aromatic nitrogens is 1. The van der Waals surface area contributed by atoms with Crippen LogP contribution in [0.2, 0.25) is 0 Å². The lowest BCUT2D eigenvalue weighted by Gasteiger charge is -2.29. The van der Waals surface area contributed by atoms with Gasteiger partial charge in [0.2, 0.25) is 6.79 Å². The maximum atomic E-state index is 13.5. The van der Waals surface area contributed by atoms with Crippen LogP contribution < -0.4 is 29.6 Å². The van der Waals surface area contributed by atoms with Crippen LogP contribution in [0.3, 0.4) is 0 Å². The van der Waals surface area contributed by atoms with Crippen LogP contribution in [0.4, 0.5) is 11.4 Å². The summed E-state index contributed by atoms with van der Waals surface area (Å²) < 4.78 is 22.0. The van der Waals surface area contributed by atoms with Crippen molar-refractivity contribution in [2.24, 2.45) is 0 Å². The van der Waals surface area contributed by atoms with E-state index in [1.54, 1.807) is 32.4 Å². The molecular formula is C37H34N4O6. The molecule has 10 nitrogen and oxygen atoms in total. The molecule has 0 aliphatic carbocycles. The average molecular weight is 631 g/mol. The van der Waals surface area contributed by atoms with Crippen molar-refractivity contribution in [3.63, 3.8) is 0 Å². The summed E-state index contributed by atoms with van der Waals surface area (Å²) in [5.41, 5.74) is 6.09. The van der Waals surface area contributed by atoms with E-state index in [0.717, 1.165) is 54.9 Å². The van der Waals surface area contributed by atoms with Gasteiger partial charge in [0.25, 0.3) is 11.8 Å². The quantitative estimate of drug-likeness (QED) is 0.202. The molecule has 0 saturated heterocycles. The number of fused-ring (bicyclic) bond motifs is 3. The molecule has 1 aromatic heterocycles. The van der Waals surface area contributed by atoms with Gasteiger partial charge in [0.1, 0.15) is 0 Å². The third kappa shape index (κ3) is 6.41. The number of carbonyl (C=O) groups is 2. The van der Waals surface area contributed by atoms with E-state index < -0.39 is 5.91 Å². The summed E-state index contributed by atoms with van der Waals surface area (Å²) in [6.07, 6.45) is 3.35. The van der Waals surface area contributed by atoms with Crippen molar-refractivity contribution < 1.29 is 28.5 Å². The van der Waals surface area contributed by atoms with Crippen molar-refractivity contribution in [2.75, 3.05) is 44.7 Å². The molecular weight excluding hydrogens is 596 g/mol. The normalized spacial score (nSPS) is 13.6. The van der Waals surface area contributed by atoms with Gasteiger partial charge in [-0.15, -0.1) is 0 Å². The van der Waals surface area contributed by atoms with Gasteiger partial charge in [-0.05, 0) is 72.0 Å². The highest BCUT2D eigenvalue weighted by atomic mass is 16.7. The SMILES string of the molecule is COc1cc2c(cc1OC)CN(CCc1ccc(NC(=O)c3cc4c(cc3NC(=O)c3cnc5ccccc5c3)OCO4)cc1)CC2. The Bertz CT molecular complexity index is 1980. The number of rotatable bonds is 9. The number of amides is 2. The van der Waals surface area contributed by atoms with Crippen LogP contribution in [0.1, 0.15) is 37.4 Å². The van der Waals surface area contributed by atoms with Gasteiger partial charge in [0.05, 0.1) is 36.6 Å². The minimum Gasteiger partial charge on any atom is -0.493 e. The van der Waals surface area contributed by atoms with E-state index in [-0.39, 0.29) is 18.3 Å². The van der Waals surface area contributed by atoms with Crippen molar-refractivity contribution in [3.8, 4) is 23.0 Å². The molecule has 0 bridgehead atoms. The Morgan fingerprint density at radius 1 is 0.851 bits per heavy atom. The Morgan fingerprint density at radius 3 is 2.38 bits per heavy atom. The highest BCUT2D eigenvalue weighted by Crippen LogP contribution is 2.38. The van der Waals surface area contributed by atoms with Gasteiger partial charge in [-0.25, -0.2) is 0 Å². The predicted molar refractivity (Wildman–Crippen MR) is 179 cm³/mol. The lowest BCUT2D eigenvalue weighted by molar-refractivity contribution is 0.102. The van der Waals surface area contributed by atoms with Crippen molar-refractivity contribution >= 4 is 34.1 Å². The molecule has 10 heteroatoms. The summed E-state index contributed by atoms with van der Waals surface area (Å²) in [7, 11) is 3.32. The molecule has 0 unspecified atom stereocenters. The third-order valence-electron chi connectivity index (χ3n) is 8.58. The monoisotopic (exact) mass is 630 g/mol. The zero-order valence-electron chi connectivity index (χ0n) is 26.2. The molecule has 2 aliphatic heterocycles. The maximum Gasteiger partial charge on any atom is 0.257 e. The van der Waals surface area contributed by atoms with Crippen LogP contribution >= 0.6 is 0 Å². The molecule has 4 aromatic carbocycles. The van der Waals surface area contributed by atoms with E-state index in [1.165, 1.54) is 22.9 Å². The fourth-order valence-electron chi connectivity index (χ4n) is 6.00. The Hall–Kier alpha value is -5.61. The number of pyridine rings is 1. The number of hydrogen-bond donors (Lipinski definition) is 2. The number of nitrogens with zero attached hydrogens (tertiary/aromatic N) is 2. The fraction of sp³-hybridized carbons (Fsp3) is 0.216. The lowest BCUT2D eigenvalue weighted by atomic mass is 9.98. The van der Waals surface area contributed by atoms with Crippen molar-refractivity contribution in [1.29, 1.82) is 0 Å². The molecule has 0 atom stereocenters. The van der Waals surface area contributed by atoms with E-state index in [0.29, 0.717) is 28.4 Å². The molecule has 2 aliphatic rings. The first-order chi connectivity index (χ1) is 23.0. The number of nitrogens with one attached hydrogen (secondary N) is 2. The van der Waals surface area contributed by atoms with Crippen molar-refractivity contribution in [2.45, 2.75) is 19.4 Å². The average Bonchev–Trinajstić information content (AvgIpc) is 3.57. The third-order valence-corrected chi connectivity index (χ3v) is 8.58. The minimum atomic E-state index is -0.392. The van der Waals surface area contributed by atoms with Gasteiger partial charge in [0, 0.05) is 43.0 Å². The number of anilines is 2. The molecule has 47 heavy (non-hydrogen) atoms. The number of carbonyl (C=O) groups excluding carboxylic acids is 2. The zero-order valence-corrected chi connectivity index (χ0v) is 26.2. The summed E-state index contributed by atoms with van der Waals surface area (Å²) >= 11 is 0. The second-order valence-electron chi connectivity index (χ2n) is 11.5. The number of ether oxygens (including phenoxy) is 4. The molecule has 7 rings (SSSR count). The first kappa shape index (κ1) is 30.1. The van der Waals surface area contributed by atoms with E-state index in [1.807, 2.05) is 48.5 Å². The second-order valence-corrected chi connectivity index (χ2v) is 11.5. The van der Waals surface area contributed by atoms with Crippen LogP contribution in [0.15, 0.2) is 85.1 Å². The zero-order chi connectivity index (χ0) is 32.3. The molecule has 3 heterocycles. The summed E-state index contributed by atoms with van der Waals surface area (Å²) in [6, 6.07) is 24.5. The van der Waals surface area contributed by atoms with Gasteiger partial charge in [-0.1, -0.05) is 30.3 Å². The van der Waals surface area contributed by atoms with Crippen LogP contribution in [-0.4, -0.2) is 55.8 Å². The van der Waals surface area contributed by atoms with Crippen LogP contribution in [-0.2, 0) is 19.4 Å². The molecule has 2 amide bonds. The highest BCUT2D eigenvalue weighted by molar-refractivity contribution is 6.13. The molecule has 0 radical (unpaired) electrons. The summed E-state index contributed by atoms with van der Waals surface area (Å²) in [4.78, 5) is 33.6. The summed E-state index contributed by atoms with van der Waals surface area (Å²) in [5, 5.41) is 6.67. The smallest absolute Gasteiger partial charge is 0.257 e. The first-order valence-corrected chi connectivity index (χ1v) is 15.4. The fourth-order valence-corrected chi connectivity index (χ4v) is 6.00. The molecule has 5 aromatic rings. The molecule has 2 N–H and O–H groups in total. The largest absolute Gasteiger partial charge is 0.493 e. The number of para-hydroxylation sites is 1. The number of hydrogen-bond acceptors (Lipinski definition) is 8. The number of benzene rings is 4. The minimum absolute atomic E-state index is 0.0384. The second kappa shape index (κ2) is 13.0. The van der Waals surface area contributed by atoms with Gasteiger partial charge in [0.15, 0.2) is 23.0 Å². The molecule has 0 spiro atoms. The van der Waals surface area contributed by atoms with Crippen LogP contribution in [0.5, 0.6) is 23.0 Å². The topological polar surface area (TPSA) is 111 Å². The number of methoxy groups -OCH3 is 2. The summed E-state index contributed by atoms with van der Waals surface area (Å²) in [5.74, 6) is 1.63. The van der Waals surface area contributed by atoms with E-state index in [4.69, 9.17) is 18.9 Å². The van der Waals surface area contributed by atoms with E-state index in [9.17, 15) is 9.59 Å².